The first-order valence-corrected chi connectivity index (χ1v) is 12.2. The predicted octanol–water partition coefficient (Wildman–Crippen LogP) is 5.24. The minimum Gasteiger partial charge on any atom is -0.297 e. The number of hydrogen-bond acceptors (Lipinski definition) is 7. The second-order valence-electron chi connectivity index (χ2n) is 7.53. The molecule has 32 heavy (non-hydrogen) atoms. The molecular weight excluding hydrogens is 438 g/mol. The predicted molar refractivity (Wildman–Crippen MR) is 125 cm³/mol. The molecule has 2 heterocycles. The normalized spacial score (nSPS) is 14.1. The summed E-state index contributed by atoms with van der Waals surface area (Å²) in [6.45, 7) is 0. The highest BCUT2D eigenvalue weighted by molar-refractivity contribution is 7.99. The van der Waals surface area contributed by atoms with Gasteiger partial charge in [0.25, 0.3) is 0 Å². The number of Topliss-reactive ketones (excluding diaryl/α,β-unsaturated/α-hetero) is 1. The van der Waals surface area contributed by atoms with Crippen molar-refractivity contribution in [2.24, 2.45) is 0 Å². The number of carbonyl (C=O) groups is 1. The van der Waals surface area contributed by atoms with Gasteiger partial charge in [-0.05, 0) is 25.0 Å². The molecule has 4 aromatic rings. The fourth-order valence-electron chi connectivity index (χ4n) is 3.38. The number of nitrogens with zero attached hydrogens (tertiary/aromatic N) is 5. The molecule has 0 bridgehead atoms. The number of thiazole rings is 1. The summed E-state index contributed by atoms with van der Waals surface area (Å²) in [6.07, 6.45) is 2.22. The molecule has 0 spiro atoms. The number of nitriles is 1. The molecule has 0 amide bonds. The van der Waals surface area contributed by atoms with Gasteiger partial charge in [-0.1, -0.05) is 60.3 Å². The van der Waals surface area contributed by atoms with E-state index in [0.29, 0.717) is 16.1 Å². The molecule has 1 aliphatic carbocycles. The number of thioether (sulfide) groups is 1. The van der Waals surface area contributed by atoms with Gasteiger partial charge in [0, 0.05) is 16.9 Å². The zero-order valence-corrected chi connectivity index (χ0v) is 18.7. The second kappa shape index (κ2) is 9.07. The highest BCUT2D eigenvalue weighted by Crippen LogP contribution is 2.40. The first-order valence-electron chi connectivity index (χ1n) is 10.3. The second-order valence-corrected chi connectivity index (χ2v) is 9.36. The van der Waals surface area contributed by atoms with Gasteiger partial charge in [0.1, 0.15) is 10.8 Å². The van der Waals surface area contributed by atoms with Crippen LogP contribution >= 0.6 is 23.1 Å². The van der Waals surface area contributed by atoms with Crippen LogP contribution in [0.5, 0.6) is 0 Å². The fourth-order valence-corrected chi connectivity index (χ4v) is 5.00. The van der Waals surface area contributed by atoms with E-state index in [-0.39, 0.29) is 11.5 Å². The third-order valence-corrected chi connectivity index (χ3v) is 6.96. The van der Waals surface area contributed by atoms with Crippen molar-refractivity contribution < 1.29 is 4.79 Å². The van der Waals surface area contributed by atoms with Gasteiger partial charge in [0.15, 0.2) is 11.7 Å². The van der Waals surface area contributed by atoms with Crippen LogP contribution in [0.4, 0.5) is 0 Å². The first kappa shape index (κ1) is 20.6. The van der Waals surface area contributed by atoms with Gasteiger partial charge in [-0.2, -0.15) is 5.26 Å². The van der Waals surface area contributed by atoms with Crippen molar-refractivity contribution in [2.45, 2.75) is 29.8 Å². The van der Waals surface area contributed by atoms with Crippen LogP contribution in [0.3, 0.4) is 0 Å². The van der Waals surface area contributed by atoms with E-state index in [0.717, 1.165) is 35.6 Å². The van der Waals surface area contributed by atoms with Gasteiger partial charge in [0.2, 0.25) is 5.16 Å². The van der Waals surface area contributed by atoms with E-state index >= 15 is 0 Å². The quantitative estimate of drug-likeness (QED) is 0.337. The monoisotopic (exact) mass is 457 g/mol. The number of rotatable bonds is 8. The number of ketones is 1. The fraction of sp³-hybridized carbons (Fsp3) is 0.208. The third kappa shape index (κ3) is 4.35. The lowest BCUT2D eigenvalue weighted by Crippen LogP contribution is -2.13. The van der Waals surface area contributed by atoms with Crippen molar-refractivity contribution in [1.82, 2.24) is 19.7 Å². The average molecular weight is 458 g/mol. The maximum atomic E-state index is 12.9. The zero-order chi connectivity index (χ0) is 21.9. The van der Waals surface area contributed by atoms with E-state index in [1.807, 2.05) is 70.7 Å². The van der Waals surface area contributed by atoms with Gasteiger partial charge in [-0.15, -0.1) is 16.4 Å². The molecule has 2 aromatic heterocycles. The molecule has 8 heteroatoms. The van der Waals surface area contributed by atoms with Crippen LogP contribution in [0.25, 0.3) is 16.9 Å². The van der Waals surface area contributed by atoms with E-state index in [4.69, 9.17) is 0 Å². The smallest absolute Gasteiger partial charge is 0.209 e. The molecule has 1 saturated carbocycles. The third-order valence-electron chi connectivity index (χ3n) is 5.19. The van der Waals surface area contributed by atoms with Crippen molar-refractivity contribution >= 4 is 28.9 Å². The molecule has 1 unspecified atom stereocenters. The standard InChI is InChI=1S/C24H19N5OS2/c25-13-19(23-26-20(14-31-23)16-7-3-1-4-8-16)21(30)15-32-24-27-22(17-11-12-17)29(28-24)18-9-5-2-6-10-18/h1-10,14,17,19H,11-12,15H2. The van der Waals surface area contributed by atoms with Crippen LogP contribution < -0.4 is 0 Å². The van der Waals surface area contributed by atoms with Crippen LogP contribution in [-0.4, -0.2) is 31.3 Å². The van der Waals surface area contributed by atoms with Crippen LogP contribution in [0, 0.1) is 11.3 Å². The number of carbonyl (C=O) groups excluding carboxylic acids is 1. The van der Waals surface area contributed by atoms with E-state index in [1.54, 1.807) is 0 Å². The largest absolute Gasteiger partial charge is 0.297 e. The SMILES string of the molecule is N#CC(C(=O)CSc1nc(C2CC2)n(-c2ccccc2)n1)c1nc(-c2ccccc2)cs1. The van der Waals surface area contributed by atoms with Gasteiger partial charge in [0.05, 0.1) is 23.2 Å². The Morgan fingerprint density at radius 1 is 1.12 bits per heavy atom. The van der Waals surface area contributed by atoms with Gasteiger partial charge in [-0.25, -0.2) is 14.6 Å². The number of hydrogen-bond donors (Lipinski definition) is 0. The summed E-state index contributed by atoms with van der Waals surface area (Å²) in [6, 6.07) is 21.8. The molecule has 0 saturated heterocycles. The van der Waals surface area contributed by atoms with E-state index < -0.39 is 5.92 Å². The Bertz CT molecular complexity index is 1270. The summed E-state index contributed by atoms with van der Waals surface area (Å²) >= 11 is 2.62. The topological polar surface area (TPSA) is 84.5 Å². The highest BCUT2D eigenvalue weighted by atomic mass is 32.2. The van der Waals surface area contributed by atoms with Gasteiger partial charge in [-0.3, -0.25) is 4.79 Å². The maximum Gasteiger partial charge on any atom is 0.209 e. The lowest BCUT2D eigenvalue weighted by atomic mass is 10.1. The molecular formula is C24H19N5OS2. The minimum atomic E-state index is -0.885. The van der Waals surface area contributed by atoms with Crippen LogP contribution in [0.15, 0.2) is 71.2 Å². The molecule has 0 N–H and O–H groups in total. The van der Waals surface area contributed by atoms with Gasteiger partial charge >= 0.3 is 0 Å². The Kier molecular flexibility index (Phi) is 5.84. The summed E-state index contributed by atoms with van der Waals surface area (Å²) in [4.78, 5) is 22.1. The lowest BCUT2D eigenvalue weighted by molar-refractivity contribution is -0.116. The van der Waals surface area contributed by atoms with Gasteiger partial charge < -0.3 is 0 Å². The molecule has 1 aliphatic rings. The zero-order valence-electron chi connectivity index (χ0n) is 17.1. The molecule has 0 aliphatic heterocycles. The molecule has 158 valence electrons. The molecule has 0 radical (unpaired) electrons. The Morgan fingerprint density at radius 3 is 2.53 bits per heavy atom. The van der Waals surface area contributed by atoms with Crippen molar-refractivity contribution in [3.63, 3.8) is 0 Å². The molecule has 1 atom stereocenters. The molecule has 1 fully saturated rings. The Labute approximate surface area is 194 Å². The highest BCUT2D eigenvalue weighted by Gasteiger charge is 2.31. The summed E-state index contributed by atoms with van der Waals surface area (Å²) in [5.41, 5.74) is 2.71. The summed E-state index contributed by atoms with van der Waals surface area (Å²) < 4.78 is 1.87. The molecule has 5 rings (SSSR count). The van der Waals surface area contributed by atoms with Crippen LogP contribution in [0.2, 0.25) is 0 Å². The number of aromatic nitrogens is 4. The number of para-hydroxylation sites is 1. The maximum absolute atomic E-state index is 12.9. The summed E-state index contributed by atoms with van der Waals surface area (Å²) in [5.74, 6) is 0.419. The molecule has 6 nitrogen and oxygen atoms in total. The first-order chi connectivity index (χ1) is 15.7. The Morgan fingerprint density at radius 2 is 1.84 bits per heavy atom. The average Bonchev–Trinajstić information content (AvgIpc) is 3.41. The van der Waals surface area contributed by atoms with E-state index in [2.05, 4.69) is 21.1 Å². The van der Waals surface area contributed by atoms with Crippen molar-refractivity contribution in [1.29, 1.82) is 5.26 Å². The van der Waals surface area contributed by atoms with Crippen molar-refractivity contribution in [2.75, 3.05) is 5.75 Å². The molecule has 2 aromatic carbocycles. The van der Waals surface area contributed by atoms with Crippen molar-refractivity contribution in [3.8, 4) is 23.0 Å². The number of benzene rings is 2. The Hall–Kier alpha value is -3.28. The van der Waals surface area contributed by atoms with Crippen LogP contribution in [-0.2, 0) is 4.79 Å². The lowest BCUT2D eigenvalue weighted by Gasteiger charge is -2.04. The minimum absolute atomic E-state index is 0.126. The summed E-state index contributed by atoms with van der Waals surface area (Å²) in [7, 11) is 0. The summed E-state index contributed by atoms with van der Waals surface area (Å²) in [5, 5.41) is 17.3. The van der Waals surface area contributed by atoms with Crippen LogP contribution in [0.1, 0.15) is 35.5 Å². The van der Waals surface area contributed by atoms with Crippen molar-refractivity contribution in [3.05, 3.63) is 76.9 Å². The Balaban J connectivity index is 1.30. The van der Waals surface area contributed by atoms with E-state index in [1.165, 1.54) is 23.1 Å². The van der Waals surface area contributed by atoms with E-state index in [9.17, 15) is 10.1 Å².